The van der Waals surface area contributed by atoms with E-state index in [1.54, 1.807) is 37.6 Å². The van der Waals surface area contributed by atoms with E-state index in [2.05, 4.69) is 26.1 Å². The van der Waals surface area contributed by atoms with Gasteiger partial charge in [-0.3, -0.25) is 4.79 Å². The minimum atomic E-state index is -0.303. The fourth-order valence-corrected chi connectivity index (χ4v) is 1.97. The number of methoxy groups -OCH3 is 1. The summed E-state index contributed by atoms with van der Waals surface area (Å²) in [6.45, 7) is 0. The van der Waals surface area contributed by atoms with Crippen LogP contribution in [0.5, 0.6) is 5.75 Å². The molecule has 0 fully saturated rings. The predicted octanol–water partition coefficient (Wildman–Crippen LogP) is 1.43. The largest absolute Gasteiger partial charge is 0.497 e. The van der Waals surface area contributed by atoms with E-state index in [0.717, 1.165) is 17.0 Å². The monoisotopic (exact) mass is 322 g/mol. The number of nitrogens with zero attached hydrogens (tertiary/aromatic N) is 5. The standard InChI is InChI=1S/C16H14N6O2/c1-24-15-8-2-12(3-9-15)10-17-19-16(23)13-4-6-14(7-5-13)22-11-18-20-21-22/h2-11H,1H3,(H,19,23)/b17-10+. The number of ether oxygens (including phenoxy) is 1. The molecule has 0 bridgehead atoms. The van der Waals surface area contributed by atoms with E-state index in [1.807, 2.05) is 24.3 Å². The molecule has 0 aliphatic rings. The minimum absolute atomic E-state index is 0.303. The smallest absolute Gasteiger partial charge is 0.271 e. The molecule has 0 spiro atoms. The summed E-state index contributed by atoms with van der Waals surface area (Å²) in [5.41, 5.74) is 4.58. The van der Waals surface area contributed by atoms with Crippen LogP contribution in [0.4, 0.5) is 0 Å². The number of carbonyl (C=O) groups excluding carboxylic acids is 1. The van der Waals surface area contributed by atoms with Crippen LogP contribution in [0.2, 0.25) is 0 Å². The van der Waals surface area contributed by atoms with Crippen LogP contribution in [0.1, 0.15) is 15.9 Å². The van der Waals surface area contributed by atoms with Crippen LogP contribution in [0, 0.1) is 0 Å². The molecule has 0 aliphatic carbocycles. The van der Waals surface area contributed by atoms with Gasteiger partial charge in [0.25, 0.3) is 5.91 Å². The molecule has 1 N–H and O–H groups in total. The van der Waals surface area contributed by atoms with Gasteiger partial charge in [0.2, 0.25) is 0 Å². The summed E-state index contributed by atoms with van der Waals surface area (Å²) in [6, 6.07) is 14.2. The summed E-state index contributed by atoms with van der Waals surface area (Å²) in [7, 11) is 1.61. The highest BCUT2D eigenvalue weighted by molar-refractivity contribution is 5.95. The van der Waals surface area contributed by atoms with Crippen LogP contribution in [-0.2, 0) is 0 Å². The first-order valence-electron chi connectivity index (χ1n) is 7.07. The van der Waals surface area contributed by atoms with Crippen molar-refractivity contribution in [3.63, 3.8) is 0 Å². The molecule has 24 heavy (non-hydrogen) atoms. The van der Waals surface area contributed by atoms with E-state index in [-0.39, 0.29) is 5.91 Å². The second-order valence-electron chi connectivity index (χ2n) is 4.77. The van der Waals surface area contributed by atoms with E-state index >= 15 is 0 Å². The molecular weight excluding hydrogens is 308 g/mol. The van der Waals surface area contributed by atoms with E-state index in [4.69, 9.17) is 4.74 Å². The van der Waals surface area contributed by atoms with Crippen molar-refractivity contribution in [1.29, 1.82) is 0 Å². The van der Waals surface area contributed by atoms with Gasteiger partial charge in [0.1, 0.15) is 12.1 Å². The lowest BCUT2D eigenvalue weighted by Gasteiger charge is -2.02. The number of benzene rings is 2. The second kappa shape index (κ2) is 7.14. The molecule has 8 nitrogen and oxygen atoms in total. The van der Waals surface area contributed by atoms with Crippen LogP contribution in [0.25, 0.3) is 5.69 Å². The first-order chi connectivity index (χ1) is 11.8. The van der Waals surface area contributed by atoms with Crippen molar-refractivity contribution in [1.82, 2.24) is 25.6 Å². The minimum Gasteiger partial charge on any atom is -0.497 e. The van der Waals surface area contributed by atoms with E-state index in [9.17, 15) is 4.79 Å². The molecule has 0 saturated heterocycles. The molecule has 0 aliphatic heterocycles. The molecule has 0 unspecified atom stereocenters. The van der Waals surface area contributed by atoms with Crippen molar-refractivity contribution in [3.05, 3.63) is 66.0 Å². The zero-order valence-corrected chi connectivity index (χ0v) is 12.8. The summed E-state index contributed by atoms with van der Waals surface area (Å²) < 4.78 is 6.58. The summed E-state index contributed by atoms with van der Waals surface area (Å²) in [5.74, 6) is 0.460. The molecule has 0 atom stereocenters. The molecule has 2 aromatic carbocycles. The molecule has 120 valence electrons. The van der Waals surface area contributed by atoms with Crippen LogP contribution < -0.4 is 10.2 Å². The van der Waals surface area contributed by atoms with Gasteiger partial charge in [-0.25, -0.2) is 10.1 Å². The van der Waals surface area contributed by atoms with Crippen LogP contribution >= 0.6 is 0 Å². The summed E-state index contributed by atoms with van der Waals surface area (Å²) in [4.78, 5) is 12.0. The van der Waals surface area contributed by atoms with Crippen molar-refractivity contribution in [2.24, 2.45) is 5.10 Å². The van der Waals surface area contributed by atoms with Gasteiger partial charge in [0.15, 0.2) is 0 Å². The lowest BCUT2D eigenvalue weighted by molar-refractivity contribution is 0.0955. The molecular formula is C16H14N6O2. The number of hydrazone groups is 1. The Morgan fingerprint density at radius 1 is 1.17 bits per heavy atom. The number of hydrogen-bond acceptors (Lipinski definition) is 6. The van der Waals surface area contributed by atoms with Crippen molar-refractivity contribution >= 4 is 12.1 Å². The normalized spacial score (nSPS) is 10.7. The lowest BCUT2D eigenvalue weighted by atomic mass is 10.2. The fraction of sp³-hybridized carbons (Fsp3) is 0.0625. The van der Waals surface area contributed by atoms with Crippen LogP contribution in [0.15, 0.2) is 60.0 Å². The fourth-order valence-electron chi connectivity index (χ4n) is 1.97. The van der Waals surface area contributed by atoms with Gasteiger partial charge in [-0.05, 0) is 64.5 Å². The summed E-state index contributed by atoms with van der Waals surface area (Å²) in [6.07, 6.45) is 3.04. The third kappa shape index (κ3) is 3.61. The Hall–Kier alpha value is -3.55. The van der Waals surface area contributed by atoms with Gasteiger partial charge in [-0.2, -0.15) is 5.10 Å². The number of amides is 1. The highest BCUT2D eigenvalue weighted by Crippen LogP contribution is 2.10. The number of hydrogen-bond donors (Lipinski definition) is 1. The molecule has 0 radical (unpaired) electrons. The zero-order valence-electron chi connectivity index (χ0n) is 12.8. The topological polar surface area (TPSA) is 94.3 Å². The molecule has 3 aromatic rings. The Labute approximate surface area is 137 Å². The molecule has 8 heteroatoms. The third-order valence-electron chi connectivity index (χ3n) is 3.24. The van der Waals surface area contributed by atoms with Crippen molar-refractivity contribution < 1.29 is 9.53 Å². The number of rotatable bonds is 5. The van der Waals surface area contributed by atoms with Crippen LogP contribution in [0.3, 0.4) is 0 Å². The molecule has 3 rings (SSSR count). The van der Waals surface area contributed by atoms with E-state index in [0.29, 0.717) is 5.56 Å². The van der Waals surface area contributed by atoms with Gasteiger partial charge in [0, 0.05) is 5.56 Å². The molecule has 1 amide bonds. The second-order valence-corrected chi connectivity index (χ2v) is 4.77. The maximum Gasteiger partial charge on any atom is 0.271 e. The maximum absolute atomic E-state index is 12.0. The quantitative estimate of drug-likeness (QED) is 0.566. The average Bonchev–Trinajstić information content (AvgIpc) is 3.17. The SMILES string of the molecule is COc1ccc(/C=N/NC(=O)c2ccc(-n3cnnn3)cc2)cc1. The van der Waals surface area contributed by atoms with Crippen molar-refractivity contribution in [2.75, 3.05) is 7.11 Å². The number of nitrogens with one attached hydrogen (secondary N) is 1. The highest BCUT2D eigenvalue weighted by atomic mass is 16.5. The average molecular weight is 322 g/mol. The maximum atomic E-state index is 12.0. The van der Waals surface area contributed by atoms with Gasteiger partial charge in [0.05, 0.1) is 19.0 Å². The zero-order chi connectivity index (χ0) is 16.8. The van der Waals surface area contributed by atoms with E-state index in [1.165, 1.54) is 11.0 Å². The molecule has 1 aromatic heterocycles. The highest BCUT2D eigenvalue weighted by Gasteiger charge is 2.05. The molecule has 1 heterocycles. The van der Waals surface area contributed by atoms with E-state index < -0.39 is 0 Å². The Bertz CT molecular complexity index is 826. The Balaban J connectivity index is 1.61. The number of carbonyl (C=O) groups is 1. The Morgan fingerprint density at radius 2 is 1.92 bits per heavy atom. The van der Waals surface area contributed by atoms with Gasteiger partial charge >= 0.3 is 0 Å². The first kappa shape index (κ1) is 15.3. The van der Waals surface area contributed by atoms with Crippen molar-refractivity contribution in [2.45, 2.75) is 0 Å². The van der Waals surface area contributed by atoms with Gasteiger partial charge in [-0.15, -0.1) is 5.10 Å². The third-order valence-corrected chi connectivity index (χ3v) is 3.24. The van der Waals surface area contributed by atoms with Gasteiger partial charge in [-0.1, -0.05) is 0 Å². The Kier molecular flexibility index (Phi) is 4.57. The van der Waals surface area contributed by atoms with Gasteiger partial charge < -0.3 is 4.74 Å². The Morgan fingerprint density at radius 3 is 2.54 bits per heavy atom. The summed E-state index contributed by atoms with van der Waals surface area (Å²) in [5, 5.41) is 14.8. The first-order valence-corrected chi connectivity index (χ1v) is 7.07. The number of tetrazole rings is 1. The van der Waals surface area contributed by atoms with Crippen LogP contribution in [-0.4, -0.2) is 39.4 Å². The lowest BCUT2D eigenvalue weighted by Crippen LogP contribution is -2.17. The van der Waals surface area contributed by atoms with Crippen molar-refractivity contribution in [3.8, 4) is 11.4 Å². The summed E-state index contributed by atoms with van der Waals surface area (Å²) >= 11 is 0. The predicted molar refractivity (Wildman–Crippen MR) is 87.2 cm³/mol. The number of aromatic nitrogens is 4. The molecule has 0 saturated carbocycles.